The monoisotopic (exact) mass is 406 g/mol. The molecule has 1 aliphatic rings. The summed E-state index contributed by atoms with van der Waals surface area (Å²) in [5.41, 5.74) is 3.85. The molecule has 0 atom stereocenters. The molecule has 1 aromatic carbocycles. The van der Waals surface area contributed by atoms with E-state index in [-0.39, 0.29) is 17.3 Å². The van der Waals surface area contributed by atoms with Crippen molar-refractivity contribution in [2.75, 3.05) is 0 Å². The number of hydrazone groups is 1. The highest BCUT2D eigenvalue weighted by molar-refractivity contribution is 7.89. The van der Waals surface area contributed by atoms with Crippen LogP contribution in [0.25, 0.3) is 0 Å². The van der Waals surface area contributed by atoms with Crippen molar-refractivity contribution in [2.24, 2.45) is 10.5 Å². The zero-order chi connectivity index (χ0) is 21.3. The summed E-state index contributed by atoms with van der Waals surface area (Å²) in [6.07, 6.45) is 4.15. The SMILES string of the molecule is CC(C)c1cc(C(C)C)c(S(=O)(=O)NN=C2CCCCC2(C)C)c(C(C)C)c1. The summed E-state index contributed by atoms with van der Waals surface area (Å²) in [5.74, 6) is 0.575. The largest absolute Gasteiger partial charge is 0.277 e. The van der Waals surface area contributed by atoms with Crippen LogP contribution in [0.15, 0.2) is 22.1 Å². The quantitative estimate of drug-likeness (QED) is 0.564. The lowest BCUT2D eigenvalue weighted by Gasteiger charge is -2.31. The normalized spacial score (nSPS) is 19.0. The second-order valence-electron chi connectivity index (χ2n) is 9.74. The number of rotatable bonds is 6. The molecule has 158 valence electrons. The fourth-order valence-electron chi connectivity index (χ4n) is 3.91. The second-order valence-corrected chi connectivity index (χ2v) is 11.3. The molecule has 2 rings (SSSR count). The average molecular weight is 407 g/mol. The molecule has 0 heterocycles. The molecule has 0 aromatic heterocycles. The molecular weight excluding hydrogens is 368 g/mol. The maximum absolute atomic E-state index is 13.4. The smallest absolute Gasteiger partial charge is 0.200 e. The Balaban J connectivity index is 2.57. The van der Waals surface area contributed by atoms with Crippen LogP contribution < -0.4 is 4.83 Å². The van der Waals surface area contributed by atoms with Gasteiger partial charge in [0.15, 0.2) is 0 Å². The third-order valence-corrected chi connectivity index (χ3v) is 7.24. The van der Waals surface area contributed by atoms with Gasteiger partial charge in [0.25, 0.3) is 10.0 Å². The van der Waals surface area contributed by atoms with Crippen LogP contribution in [-0.2, 0) is 10.0 Å². The van der Waals surface area contributed by atoms with Crippen molar-refractivity contribution >= 4 is 15.7 Å². The third-order valence-electron chi connectivity index (χ3n) is 5.90. The summed E-state index contributed by atoms with van der Waals surface area (Å²) < 4.78 is 26.8. The maximum Gasteiger partial charge on any atom is 0.277 e. The number of hydrogen-bond donors (Lipinski definition) is 1. The van der Waals surface area contributed by atoms with E-state index in [2.05, 4.69) is 77.5 Å². The van der Waals surface area contributed by atoms with E-state index in [1.54, 1.807) is 0 Å². The fourth-order valence-corrected chi connectivity index (χ4v) is 5.44. The molecule has 0 saturated heterocycles. The second kappa shape index (κ2) is 8.56. The minimum Gasteiger partial charge on any atom is -0.200 e. The van der Waals surface area contributed by atoms with Crippen LogP contribution in [0, 0.1) is 5.41 Å². The number of benzene rings is 1. The molecule has 0 spiro atoms. The fraction of sp³-hybridized carbons (Fsp3) is 0.696. The molecule has 1 fully saturated rings. The summed E-state index contributed by atoms with van der Waals surface area (Å²) in [4.78, 5) is 3.02. The van der Waals surface area contributed by atoms with Gasteiger partial charge in [-0.3, -0.25) is 0 Å². The van der Waals surface area contributed by atoms with Gasteiger partial charge in [-0.15, -0.1) is 0 Å². The first-order valence-electron chi connectivity index (χ1n) is 10.6. The van der Waals surface area contributed by atoms with E-state index in [1.807, 2.05) is 0 Å². The first-order valence-corrected chi connectivity index (χ1v) is 12.1. The molecule has 1 aliphatic carbocycles. The van der Waals surface area contributed by atoms with Crippen molar-refractivity contribution in [1.82, 2.24) is 4.83 Å². The summed E-state index contributed by atoms with van der Waals surface area (Å²) in [6, 6.07) is 4.13. The standard InChI is InChI=1S/C23H38N2O2S/c1-15(2)18-13-19(16(3)4)22(20(14-18)17(5)6)28(26,27)25-24-21-11-9-10-12-23(21,7)8/h13-17,25H,9-12H2,1-8H3. The summed E-state index contributed by atoms with van der Waals surface area (Å²) >= 11 is 0. The van der Waals surface area contributed by atoms with Gasteiger partial charge in [0.1, 0.15) is 0 Å². The van der Waals surface area contributed by atoms with Crippen molar-refractivity contribution in [2.45, 2.75) is 104 Å². The average Bonchev–Trinajstić information content (AvgIpc) is 2.59. The first-order chi connectivity index (χ1) is 12.9. The number of sulfonamides is 1. The lowest BCUT2D eigenvalue weighted by molar-refractivity contribution is 0.408. The molecule has 4 nitrogen and oxygen atoms in total. The Kier molecular flexibility index (Phi) is 7.01. The molecule has 28 heavy (non-hydrogen) atoms. The van der Waals surface area contributed by atoms with Crippen molar-refractivity contribution in [3.63, 3.8) is 0 Å². The van der Waals surface area contributed by atoms with E-state index in [0.29, 0.717) is 10.8 Å². The number of nitrogens with zero attached hydrogens (tertiary/aromatic N) is 1. The Morgan fingerprint density at radius 1 is 0.929 bits per heavy atom. The molecular formula is C23H38N2O2S. The predicted molar refractivity (Wildman–Crippen MR) is 119 cm³/mol. The van der Waals surface area contributed by atoms with Gasteiger partial charge in [-0.1, -0.05) is 73.9 Å². The minimum absolute atomic E-state index is 0.0516. The van der Waals surface area contributed by atoms with Gasteiger partial charge in [0.05, 0.1) is 4.90 Å². The Labute approximate surface area is 172 Å². The van der Waals surface area contributed by atoms with Crippen LogP contribution in [0.5, 0.6) is 0 Å². The summed E-state index contributed by atoms with van der Waals surface area (Å²) in [5, 5.41) is 4.42. The zero-order valence-corrected chi connectivity index (χ0v) is 19.7. The Morgan fingerprint density at radius 2 is 1.46 bits per heavy atom. The molecule has 0 radical (unpaired) electrons. The van der Waals surface area contributed by atoms with E-state index in [9.17, 15) is 8.42 Å². The number of nitrogens with one attached hydrogen (secondary N) is 1. The van der Waals surface area contributed by atoms with Crippen molar-refractivity contribution < 1.29 is 8.42 Å². The van der Waals surface area contributed by atoms with Gasteiger partial charge in [-0.2, -0.15) is 13.5 Å². The first kappa shape index (κ1) is 22.9. The lowest BCUT2D eigenvalue weighted by atomic mass is 9.76. The van der Waals surface area contributed by atoms with Gasteiger partial charge < -0.3 is 0 Å². The van der Waals surface area contributed by atoms with Crippen LogP contribution in [0.3, 0.4) is 0 Å². The van der Waals surface area contributed by atoms with Crippen LogP contribution in [0.1, 0.15) is 116 Å². The Morgan fingerprint density at radius 3 is 1.89 bits per heavy atom. The van der Waals surface area contributed by atoms with Gasteiger partial charge in [0.2, 0.25) is 0 Å². The topological polar surface area (TPSA) is 58.5 Å². The van der Waals surface area contributed by atoms with Crippen molar-refractivity contribution in [1.29, 1.82) is 0 Å². The van der Waals surface area contributed by atoms with Gasteiger partial charge in [-0.25, -0.2) is 4.83 Å². The van der Waals surface area contributed by atoms with Gasteiger partial charge >= 0.3 is 0 Å². The highest BCUT2D eigenvalue weighted by Gasteiger charge is 2.30. The van der Waals surface area contributed by atoms with Crippen LogP contribution in [0.2, 0.25) is 0 Å². The highest BCUT2D eigenvalue weighted by atomic mass is 32.2. The van der Waals surface area contributed by atoms with Crippen molar-refractivity contribution in [3.05, 3.63) is 28.8 Å². The van der Waals surface area contributed by atoms with Gasteiger partial charge in [0, 0.05) is 11.1 Å². The minimum atomic E-state index is -3.74. The third kappa shape index (κ3) is 4.97. The molecule has 1 aromatic rings. The van der Waals surface area contributed by atoms with Crippen LogP contribution in [0.4, 0.5) is 0 Å². The highest BCUT2D eigenvalue weighted by Crippen LogP contribution is 2.36. The van der Waals surface area contributed by atoms with E-state index in [4.69, 9.17) is 0 Å². The molecule has 0 aliphatic heterocycles. The number of hydrogen-bond acceptors (Lipinski definition) is 3. The molecule has 1 N–H and O–H groups in total. The van der Waals surface area contributed by atoms with Crippen LogP contribution >= 0.6 is 0 Å². The molecule has 0 amide bonds. The molecule has 5 heteroatoms. The zero-order valence-electron chi connectivity index (χ0n) is 18.9. The molecule has 0 unspecified atom stereocenters. The van der Waals surface area contributed by atoms with Crippen LogP contribution in [-0.4, -0.2) is 14.1 Å². The Hall–Kier alpha value is -1.36. The predicted octanol–water partition coefficient (Wildman–Crippen LogP) is 6.29. The summed E-state index contributed by atoms with van der Waals surface area (Å²) in [6.45, 7) is 16.8. The van der Waals surface area contributed by atoms with Crippen molar-refractivity contribution in [3.8, 4) is 0 Å². The van der Waals surface area contributed by atoms with E-state index in [0.717, 1.165) is 36.1 Å². The van der Waals surface area contributed by atoms with E-state index in [1.165, 1.54) is 12.0 Å². The maximum atomic E-state index is 13.4. The van der Waals surface area contributed by atoms with Gasteiger partial charge in [-0.05, 0) is 53.7 Å². The summed E-state index contributed by atoms with van der Waals surface area (Å²) in [7, 11) is -3.74. The van der Waals surface area contributed by atoms with E-state index >= 15 is 0 Å². The molecule has 0 bridgehead atoms. The Bertz CT molecular complexity index is 805. The molecule has 1 saturated carbocycles. The van der Waals surface area contributed by atoms with E-state index < -0.39 is 10.0 Å². The lowest BCUT2D eigenvalue weighted by Crippen LogP contribution is -2.32.